The molecule has 0 saturated heterocycles. The van der Waals surface area contributed by atoms with E-state index in [1.54, 1.807) is 18.4 Å². The van der Waals surface area contributed by atoms with Crippen LogP contribution in [0.5, 0.6) is 0 Å². The van der Waals surface area contributed by atoms with Crippen molar-refractivity contribution < 1.29 is 4.42 Å². The van der Waals surface area contributed by atoms with Crippen molar-refractivity contribution in [1.82, 2.24) is 0 Å². The summed E-state index contributed by atoms with van der Waals surface area (Å²) in [5.41, 5.74) is 6.80. The highest BCUT2D eigenvalue weighted by Crippen LogP contribution is 2.38. The summed E-state index contributed by atoms with van der Waals surface area (Å²) in [6.45, 7) is 0. The van der Waals surface area contributed by atoms with Gasteiger partial charge in [0.05, 0.1) is 25.5 Å². The summed E-state index contributed by atoms with van der Waals surface area (Å²) < 4.78 is 7.31. The fraction of sp³-hybridized carbons (Fsp3) is 0.111. The number of rotatable bonds is 2. The lowest BCUT2D eigenvalue weighted by molar-refractivity contribution is 0.488. The van der Waals surface area contributed by atoms with Crippen LogP contribution in [-0.4, -0.2) is 0 Å². The van der Waals surface area contributed by atoms with Gasteiger partial charge in [-0.15, -0.1) is 11.3 Å². The Balaban J connectivity index is 2.40. The van der Waals surface area contributed by atoms with Gasteiger partial charge in [-0.05, 0) is 28.1 Å². The molecule has 0 fully saturated rings. The maximum Gasteiger partial charge on any atom is 0.139 e. The number of hydrogen-bond donors (Lipinski definition) is 1. The summed E-state index contributed by atoms with van der Waals surface area (Å²) in [5.74, 6) is 0.645. The Labute approximate surface area is 109 Å². The highest BCUT2D eigenvalue weighted by atomic mass is 79.9. The van der Waals surface area contributed by atoms with Crippen molar-refractivity contribution in [3.63, 3.8) is 0 Å². The first-order valence-electron chi connectivity index (χ1n) is 4.03. The van der Waals surface area contributed by atoms with Gasteiger partial charge in [0.2, 0.25) is 0 Å². The Morgan fingerprint density at radius 3 is 2.67 bits per heavy atom. The summed E-state index contributed by atoms with van der Waals surface area (Å²) in [5, 5.41) is 0. The maximum atomic E-state index is 6.02. The Bertz CT molecular complexity index is 482. The summed E-state index contributed by atoms with van der Waals surface area (Å²) in [4.78, 5) is 0. The molecule has 15 heavy (non-hydrogen) atoms. The van der Waals surface area contributed by atoms with Crippen molar-refractivity contribution in [3.8, 4) is 0 Å². The van der Waals surface area contributed by atoms with Gasteiger partial charge in [-0.25, -0.2) is 0 Å². The van der Waals surface area contributed by atoms with E-state index in [4.69, 9.17) is 33.4 Å². The van der Waals surface area contributed by atoms with Crippen LogP contribution in [0.1, 0.15) is 17.4 Å². The highest BCUT2D eigenvalue weighted by molar-refractivity contribution is 9.10. The normalized spacial score (nSPS) is 13.1. The highest BCUT2D eigenvalue weighted by Gasteiger charge is 2.20. The second-order valence-corrected chi connectivity index (χ2v) is 6.03. The van der Waals surface area contributed by atoms with Crippen LogP contribution < -0.4 is 5.73 Å². The molecule has 0 saturated carbocycles. The van der Waals surface area contributed by atoms with Crippen LogP contribution in [-0.2, 0) is 0 Å². The van der Waals surface area contributed by atoms with E-state index in [2.05, 4.69) is 15.9 Å². The molecule has 0 aliphatic heterocycles. The molecule has 1 atom stereocenters. The molecule has 0 bridgehead atoms. The first-order chi connectivity index (χ1) is 7.09. The summed E-state index contributed by atoms with van der Waals surface area (Å²) in [7, 11) is 0. The van der Waals surface area contributed by atoms with Gasteiger partial charge in [0.25, 0.3) is 0 Å². The van der Waals surface area contributed by atoms with E-state index >= 15 is 0 Å². The van der Waals surface area contributed by atoms with Crippen LogP contribution in [0.15, 0.2) is 27.3 Å². The lowest BCUT2D eigenvalue weighted by Crippen LogP contribution is -2.10. The average Bonchev–Trinajstić information content (AvgIpc) is 2.71. The Kier molecular flexibility index (Phi) is 3.42. The van der Waals surface area contributed by atoms with Crippen LogP contribution in [0, 0.1) is 0 Å². The van der Waals surface area contributed by atoms with Crippen molar-refractivity contribution in [2.45, 2.75) is 6.04 Å². The third-order valence-electron chi connectivity index (χ3n) is 1.95. The zero-order chi connectivity index (χ0) is 11.0. The number of thiophene rings is 1. The summed E-state index contributed by atoms with van der Waals surface area (Å²) >= 11 is 16.5. The molecule has 0 aliphatic rings. The standard InChI is InChI=1S/C9H6BrCl2NOS/c10-5-1-2-14-8(5)7(13)4-3-6(11)15-9(4)12/h1-3,7H,13H2. The molecule has 2 nitrogen and oxygen atoms in total. The average molecular weight is 327 g/mol. The van der Waals surface area contributed by atoms with E-state index in [1.807, 2.05) is 0 Å². The molecule has 0 aromatic carbocycles. The number of nitrogens with two attached hydrogens (primary N) is 1. The van der Waals surface area contributed by atoms with Gasteiger partial charge in [0.15, 0.2) is 0 Å². The lowest BCUT2D eigenvalue weighted by Gasteiger charge is -2.07. The minimum Gasteiger partial charge on any atom is -0.466 e. The molecular formula is C9H6BrCl2NOS. The third-order valence-corrected chi connectivity index (χ3v) is 4.12. The monoisotopic (exact) mass is 325 g/mol. The van der Waals surface area contributed by atoms with Crippen molar-refractivity contribution in [2.24, 2.45) is 5.73 Å². The summed E-state index contributed by atoms with van der Waals surface area (Å²) in [6, 6.07) is 3.15. The molecule has 0 spiro atoms. The predicted molar refractivity (Wildman–Crippen MR) is 66.8 cm³/mol. The van der Waals surface area contributed by atoms with E-state index in [-0.39, 0.29) is 0 Å². The van der Waals surface area contributed by atoms with Crippen molar-refractivity contribution in [2.75, 3.05) is 0 Å². The molecule has 0 amide bonds. The predicted octanol–water partition coefficient (Wildman–Crippen LogP) is 4.46. The first kappa shape index (κ1) is 11.5. The van der Waals surface area contributed by atoms with Crippen molar-refractivity contribution in [1.29, 1.82) is 0 Å². The number of halogens is 3. The molecule has 1 unspecified atom stereocenters. The van der Waals surface area contributed by atoms with E-state index in [0.717, 1.165) is 10.0 Å². The molecule has 2 N–H and O–H groups in total. The fourth-order valence-electron chi connectivity index (χ4n) is 1.23. The molecule has 2 aromatic heterocycles. The molecule has 2 heterocycles. The molecule has 6 heteroatoms. The molecule has 2 aromatic rings. The minimum atomic E-state index is -0.398. The van der Waals surface area contributed by atoms with Gasteiger partial charge in [-0.1, -0.05) is 23.2 Å². The minimum absolute atomic E-state index is 0.398. The SMILES string of the molecule is NC(c1cc(Cl)sc1Cl)c1occc1Br. The zero-order valence-electron chi connectivity index (χ0n) is 7.34. The second kappa shape index (κ2) is 4.47. The Morgan fingerprint density at radius 1 is 1.47 bits per heavy atom. The topological polar surface area (TPSA) is 39.2 Å². The third kappa shape index (κ3) is 2.24. The van der Waals surface area contributed by atoms with Crippen LogP contribution in [0.2, 0.25) is 8.67 Å². The van der Waals surface area contributed by atoms with E-state index < -0.39 is 6.04 Å². The fourth-order valence-corrected chi connectivity index (χ4v) is 3.23. The summed E-state index contributed by atoms with van der Waals surface area (Å²) in [6.07, 6.45) is 1.57. The smallest absolute Gasteiger partial charge is 0.139 e. The van der Waals surface area contributed by atoms with Gasteiger partial charge in [0.1, 0.15) is 5.76 Å². The number of furan rings is 1. The van der Waals surface area contributed by atoms with Gasteiger partial charge in [-0.2, -0.15) is 0 Å². The quantitative estimate of drug-likeness (QED) is 0.885. The molecular weight excluding hydrogens is 321 g/mol. The molecule has 0 aliphatic carbocycles. The second-order valence-electron chi connectivity index (χ2n) is 2.89. The Morgan fingerprint density at radius 2 is 2.20 bits per heavy atom. The van der Waals surface area contributed by atoms with Crippen LogP contribution in [0.4, 0.5) is 0 Å². The molecule has 80 valence electrons. The maximum absolute atomic E-state index is 6.02. The molecule has 0 radical (unpaired) electrons. The van der Waals surface area contributed by atoms with Crippen LogP contribution >= 0.6 is 50.5 Å². The van der Waals surface area contributed by atoms with Gasteiger partial charge < -0.3 is 10.2 Å². The van der Waals surface area contributed by atoms with E-state index in [9.17, 15) is 0 Å². The van der Waals surface area contributed by atoms with Gasteiger partial charge in [-0.3, -0.25) is 0 Å². The van der Waals surface area contributed by atoms with Crippen LogP contribution in [0.3, 0.4) is 0 Å². The van der Waals surface area contributed by atoms with E-state index in [0.29, 0.717) is 14.4 Å². The first-order valence-corrected chi connectivity index (χ1v) is 6.39. The van der Waals surface area contributed by atoms with Gasteiger partial charge in [0, 0.05) is 5.56 Å². The van der Waals surface area contributed by atoms with Crippen molar-refractivity contribution in [3.05, 3.63) is 42.9 Å². The zero-order valence-corrected chi connectivity index (χ0v) is 11.3. The van der Waals surface area contributed by atoms with Crippen molar-refractivity contribution >= 4 is 50.5 Å². The van der Waals surface area contributed by atoms with Crippen LogP contribution in [0.25, 0.3) is 0 Å². The largest absolute Gasteiger partial charge is 0.466 e. The van der Waals surface area contributed by atoms with E-state index in [1.165, 1.54) is 11.3 Å². The molecule has 2 rings (SSSR count). The Hall–Kier alpha value is -0.000000000000000111. The lowest BCUT2D eigenvalue weighted by atomic mass is 10.1. The van der Waals surface area contributed by atoms with Gasteiger partial charge >= 0.3 is 0 Å². The number of hydrogen-bond acceptors (Lipinski definition) is 3.